The van der Waals surface area contributed by atoms with Crippen LogP contribution in [0.4, 0.5) is 0 Å². The van der Waals surface area contributed by atoms with E-state index in [-0.39, 0.29) is 0 Å². The summed E-state index contributed by atoms with van der Waals surface area (Å²) < 4.78 is 0. The van der Waals surface area contributed by atoms with Crippen LogP contribution in [0.3, 0.4) is 0 Å². The Balaban J connectivity index is 2.96. The summed E-state index contributed by atoms with van der Waals surface area (Å²) in [5.41, 5.74) is 0.723. The lowest BCUT2D eigenvalue weighted by atomic mass is 10.6. The molecule has 5 heteroatoms. The summed E-state index contributed by atoms with van der Waals surface area (Å²) in [5, 5.41) is 7.00. The van der Waals surface area contributed by atoms with Crippen molar-refractivity contribution in [2.24, 2.45) is 0 Å². The molecule has 11 heavy (non-hydrogen) atoms. The summed E-state index contributed by atoms with van der Waals surface area (Å²) in [6.45, 7) is 0. The van der Waals surface area contributed by atoms with Crippen LogP contribution in [0.2, 0.25) is 0 Å². The van der Waals surface area contributed by atoms with E-state index in [1.165, 1.54) is 0 Å². The quantitative estimate of drug-likeness (QED) is 0.557. The van der Waals surface area contributed by atoms with Gasteiger partial charge in [0.15, 0.2) is 5.65 Å². The maximum Gasteiger partial charge on any atom is 0.306 e. The molecule has 0 aliphatic rings. The average Bonchev–Trinajstić information content (AvgIpc) is 2.38. The second-order valence-corrected chi connectivity index (χ2v) is 2.01. The molecule has 0 spiro atoms. The first-order chi connectivity index (χ1) is 5.36. The Morgan fingerprint density at radius 3 is 3.18 bits per heavy atom. The molecule has 0 aromatic carbocycles. The smallest absolute Gasteiger partial charge is 0.306 e. The third-order valence-electron chi connectivity index (χ3n) is 1.26. The molecule has 2 rings (SSSR count). The minimum Gasteiger partial charge on any atom is -0.345 e. The second kappa shape index (κ2) is 2.12. The summed E-state index contributed by atoms with van der Waals surface area (Å²) in [5.74, 6) is 0. The van der Waals surface area contributed by atoms with Crippen molar-refractivity contribution in [2.75, 3.05) is 0 Å². The third kappa shape index (κ3) is 0.958. The molecule has 2 heterocycles. The fourth-order valence-corrected chi connectivity index (χ4v) is 0.785. The van der Waals surface area contributed by atoms with Crippen LogP contribution >= 0.6 is 0 Å². The highest BCUT2D eigenvalue weighted by atomic mass is 16.1. The molecule has 0 aliphatic carbocycles. The van der Waals surface area contributed by atoms with Crippen LogP contribution in [0.25, 0.3) is 11.2 Å². The van der Waals surface area contributed by atoms with Gasteiger partial charge in [0.2, 0.25) is 0 Å². The van der Waals surface area contributed by atoms with Gasteiger partial charge in [-0.15, -0.1) is 10.2 Å². The van der Waals surface area contributed by atoms with Gasteiger partial charge in [0.25, 0.3) is 0 Å². The zero-order valence-corrected chi connectivity index (χ0v) is 5.48. The van der Waals surface area contributed by atoms with Gasteiger partial charge in [-0.2, -0.15) is 0 Å². The predicted octanol–water partition coefficient (Wildman–Crippen LogP) is -0.287. The van der Waals surface area contributed by atoms with E-state index in [4.69, 9.17) is 0 Å². The van der Waals surface area contributed by atoms with Crippen LogP contribution in [-0.2, 0) is 0 Å². The molecule has 5 nitrogen and oxygen atoms in total. The summed E-state index contributed by atoms with van der Waals surface area (Å²) >= 11 is 0. The standard InChI is InChI=1S/C6H4N4O/c11-5-3-8-6-4(9-10-5)1-2-7-6/h1-3,7H. The first-order valence-electron chi connectivity index (χ1n) is 3.03. The number of fused-ring (bicyclic) bond motifs is 1. The number of hydrogen-bond acceptors (Lipinski definition) is 4. The SMILES string of the molecule is O=c1cnc2[nH]ccc2nn1. The summed E-state index contributed by atoms with van der Waals surface area (Å²) in [7, 11) is 0. The van der Waals surface area contributed by atoms with Crippen molar-refractivity contribution in [3.05, 3.63) is 28.8 Å². The van der Waals surface area contributed by atoms with Crippen molar-refractivity contribution < 1.29 is 0 Å². The van der Waals surface area contributed by atoms with E-state index in [2.05, 4.69) is 20.2 Å². The first-order valence-corrected chi connectivity index (χ1v) is 3.03. The molecule has 54 valence electrons. The van der Waals surface area contributed by atoms with Gasteiger partial charge in [-0.25, -0.2) is 4.98 Å². The van der Waals surface area contributed by atoms with Crippen LogP contribution in [-0.4, -0.2) is 20.2 Å². The fourth-order valence-electron chi connectivity index (χ4n) is 0.785. The monoisotopic (exact) mass is 148 g/mol. The molecule has 0 bridgehead atoms. The molecule has 0 unspecified atom stereocenters. The molecular formula is C6H4N4O. The molecule has 1 N–H and O–H groups in total. The van der Waals surface area contributed by atoms with Gasteiger partial charge in [0, 0.05) is 6.20 Å². The van der Waals surface area contributed by atoms with E-state index in [1.807, 2.05) is 0 Å². The molecule has 0 aliphatic heterocycles. The van der Waals surface area contributed by atoms with Gasteiger partial charge in [0.1, 0.15) is 5.52 Å². The highest BCUT2D eigenvalue weighted by molar-refractivity contribution is 5.68. The minimum atomic E-state index is -0.436. The number of H-pyrrole nitrogens is 1. The molecule has 0 fully saturated rings. The van der Waals surface area contributed by atoms with Gasteiger partial charge in [-0.05, 0) is 6.07 Å². The van der Waals surface area contributed by atoms with Gasteiger partial charge >= 0.3 is 5.56 Å². The van der Waals surface area contributed by atoms with Crippen LogP contribution in [0.5, 0.6) is 0 Å². The molecule has 0 amide bonds. The number of nitrogens with one attached hydrogen (secondary N) is 1. The topological polar surface area (TPSA) is 71.5 Å². The number of hydrogen-bond donors (Lipinski definition) is 1. The maximum absolute atomic E-state index is 10.6. The summed E-state index contributed by atoms with van der Waals surface area (Å²) in [4.78, 5) is 17.3. The lowest BCUT2D eigenvalue weighted by Gasteiger charge is -1.71. The lowest BCUT2D eigenvalue weighted by molar-refractivity contribution is 1.04. The Labute approximate surface area is 61.1 Å². The Morgan fingerprint density at radius 2 is 2.27 bits per heavy atom. The lowest BCUT2D eigenvalue weighted by Crippen LogP contribution is -2.00. The van der Waals surface area contributed by atoms with E-state index < -0.39 is 5.56 Å². The Kier molecular flexibility index (Phi) is 1.15. The van der Waals surface area contributed by atoms with Gasteiger partial charge < -0.3 is 4.98 Å². The fraction of sp³-hybridized carbons (Fsp3) is 0. The van der Waals surface area contributed by atoms with Gasteiger partial charge in [0.05, 0.1) is 6.20 Å². The second-order valence-electron chi connectivity index (χ2n) is 2.01. The predicted molar refractivity (Wildman–Crippen MR) is 38.0 cm³/mol. The van der Waals surface area contributed by atoms with Crippen molar-refractivity contribution >= 4 is 11.2 Å². The van der Waals surface area contributed by atoms with E-state index in [0.29, 0.717) is 11.2 Å². The third-order valence-corrected chi connectivity index (χ3v) is 1.26. The van der Waals surface area contributed by atoms with Gasteiger partial charge in [-0.1, -0.05) is 0 Å². The van der Waals surface area contributed by atoms with E-state index in [0.717, 1.165) is 6.20 Å². The van der Waals surface area contributed by atoms with Crippen LogP contribution in [0, 0.1) is 0 Å². The zero-order valence-electron chi connectivity index (χ0n) is 5.48. The summed E-state index contributed by atoms with van der Waals surface area (Å²) in [6, 6.07) is 1.70. The van der Waals surface area contributed by atoms with Crippen molar-refractivity contribution in [3.63, 3.8) is 0 Å². The first kappa shape index (κ1) is 5.96. The highest BCUT2D eigenvalue weighted by Gasteiger charge is 1.92. The molecule has 2 aromatic rings. The molecule has 0 radical (unpaired) electrons. The molecule has 0 saturated carbocycles. The number of aromatic nitrogens is 4. The zero-order chi connectivity index (χ0) is 7.68. The van der Waals surface area contributed by atoms with Crippen molar-refractivity contribution in [3.8, 4) is 0 Å². The van der Waals surface area contributed by atoms with Crippen molar-refractivity contribution in [1.82, 2.24) is 20.2 Å². The Bertz CT molecular complexity index is 399. The van der Waals surface area contributed by atoms with E-state index in [1.54, 1.807) is 12.3 Å². The highest BCUT2D eigenvalue weighted by Crippen LogP contribution is 1.99. The maximum atomic E-state index is 10.6. The van der Waals surface area contributed by atoms with Crippen LogP contribution in [0.15, 0.2) is 23.3 Å². The van der Waals surface area contributed by atoms with E-state index in [9.17, 15) is 4.79 Å². The molecule has 2 aromatic heterocycles. The van der Waals surface area contributed by atoms with Gasteiger partial charge in [-0.3, -0.25) is 4.79 Å². The molecular weight excluding hydrogens is 144 g/mol. The van der Waals surface area contributed by atoms with Crippen LogP contribution < -0.4 is 5.56 Å². The van der Waals surface area contributed by atoms with Crippen molar-refractivity contribution in [2.45, 2.75) is 0 Å². The number of nitrogens with zero attached hydrogens (tertiary/aromatic N) is 3. The Morgan fingerprint density at radius 1 is 1.36 bits per heavy atom. The number of rotatable bonds is 0. The van der Waals surface area contributed by atoms with E-state index >= 15 is 0 Å². The van der Waals surface area contributed by atoms with Crippen LogP contribution in [0.1, 0.15) is 0 Å². The number of aromatic amines is 1. The average molecular weight is 148 g/mol. The molecule has 0 atom stereocenters. The Hall–Kier alpha value is -1.78. The summed E-state index contributed by atoms with van der Waals surface area (Å²) in [6.07, 6.45) is 2.82. The molecule has 0 saturated heterocycles. The largest absolute Gasteiger partial charge is 0.345 e. The van der Waals surface area contributed by atoms with Crippen molar-refractivity contribution in [1.29, 1.82) is 0 Å². The normalized spacial score (nSPS) is 10.2. The minimum absolute atomic E-state index is 0.436.